The van der Waals surface area contributed by atoms with Crippen LogP contribution in [0.25, 0.3) is 11.0 Å². The first-order valence-corrected chi connectivity index (χ1v) is 11.6. The van der Waals surface area contributed by atoms with Crippen LogP contribution in [0.2, 0.25) is 0 Å². The molecule has 9 heteroatoms. The molecule has 2 rings (SSSR count). The summed E-state index contributed by atoms with van der Waals surface area (Å²) in [5, 5.41) is 26.1. The monoisotopic (exact) mass is 458 g/mol. The predicted molar refractivity (Wildman–Crippen MR) is 133 cm³/mol. The van der Waals surface area contributed by atoms with Gasteiger partial charge in [0.1, 0.15) is 17.5 Å². The Bertz CT molecular complexity index is 981. The van der Waals surface area contributed by atoms with Crippen LogP contribution >= 0.6 is 11.9 Å². The Morgan fingerprint density at radius 2 is 2.22 bits per heavy atom. The molecule has 0 radical (unpaired) electrons. The molecule has 0 bridgehead atoms. The van der Waals surface area contributed by atoms with E-state index in [0.717, 1.165) is 35.5 Å². The fourth-order valence-corrected chi connectivity index (χ4v) is 4.11. The zero-order valence-corrected chi connectivity index (χ0v) is 20.3. The van der Waals surface area contributed by atoms with Gasteiger partial charge in [-0.25, -0.2) is 9.29 Å². The molecule has 0 fully saturated rings. The highest BCUT2D eigenvalue weighted by Gasteiger charge is 2.22. The summed E-state index contributed by atoms with van der Waals surface area (Å²) in [5.41, 5.74) is 1.22. The van der Waals surface area contributed by atoms with E-state index in [-0.39, 0.29) is 6.61 Å². The molecule has 2 aromatic heterocycles. The van der Waals surface area contributed by atoms with Crippen molar-refractivity contribution in [1.29, 1.82) is 5.26 Å². The van der Waals surface area contributed by atoms with Crippen molar-refractivity contribution in [3.63, 3.8) is 0 Å². The Morgan fingerprint density at radius 3 is 2.81 bits per heavy atom. The van der Waals surface area contributed by atoms with Gasteiger partial charge in [-0.1, -0.05) is 19.9 Å². The standard InChI is InChI=1S/C23H34N6O2S/c1-6-9-18(32-29(8-3)12-13-30)10-11-23(4,31-5)28-20-14-19(25-7-2)21-17(15-24)16-26-22(21)27-20/h9-11,14,16,30H,6-8,12-13H2,1-5H3,(H3,25,26,27,28)/b11-10-,18-9+. The van der Waals surface area contributed by atoms with Gasteiger partial charge in [-0.2, -0.15) is 5.26 Å². The second-order valence-electron chi connectivity index (χ2n) is 7.24. The largest absolute Gasteiger partial charge is 0.395 e. The van der Waals surface area contributed by atoms with Gasteiger partial charge in [0.25, 0.3) is 0 Å². The normalized spacial score (nSPS) is 14.1. The molecule has 0 aliphatic heterocycles. The maximum atomic E-state index is 9.40. The molecule has 4 N–H and O–H groups in total. The fraction of sp³-hybridized carbons (Fsp3) is 0.478. The van der Waals surface area contributed by atoms with E-state index in [1.807, 2.05) is 32.1 Å². The van der Waals surface area contributed by atoms with E-state index >= 15 is 0 Å². The van der Waals surface area contributed by atoms with Crippen molar-refractivity contribution >= 4 is 34.5 Å². The first-order valence-electron chi connectivity index (χ1n) is 10.9. The quantitative estimate of drug-likeness (QED) is 0.198. The second-order valence-corrected chi connectivity index (χ2v) is 8.41. The van der Waals surface area contributed by atoms with Crippen LogP contribution in [0.1, 0.15) is 39.7 Å². The van der Waals surface area contributed by atoms with Crippen molar-refractivity contribution in [2.75, 3.05) is 44.0 Å². The summed E-state index contributed by atoms with van der Waals surface area (Å²) in [4.78, 5) is 8.80. The van der Waals surface area contributed by atoms with E-state index in [1.54, 1.807) is 25.3 Å². The van der Waals surface area contributed by atoms with E-state index < -0.39 is 5.72 Å². The zero-order valence-electron chi connectivity index (χ0n) is 19.5. The van der Waals surface area contributed by atoms with Crippen LogP contribution in [0.15, 0.2) is 35.4 Å². The highest BCUT2D eigenvalue weighted by molar-refractivity contribution is 8.01. The number of nitriles is 1. The first-order chi connectivity index (χ1) is 15.4. The molecule has 8 nitrogen and oxygen atoms in total. The van der Waals surface area contributed by atoms with E-state index in [9.17, 15) is 10.4 Å². The number of fused-ring (bicyclic) bond motifs is 1. The average Bonchev–Trinajstić information content (AvgIpc) is 3.20. The van der Waals surface area contributed by atoms with Gasteiger partial charge in [0.15, 0.2) is 5.72 Å². The van der Waals surface area contributed by atoms with Crippen LogP contribution in [0.4, 0.5) is 11.5 Å². The van der Waals surface area contributed by atoms with Crippen molar-refractivity contribution < 1.29 is 9.84 Å². The molecule has 0 saturated carbocycles. The summed E-state index contributed by atoms with van der Waals surface area (Å²) in [7, 11) is 1.64. The lowest BCUT2D eigenvalue weighted by molar-refractivity contribution is 0.0732. The van der Waals surface area contributed by atoms with E-state index in [2.05, 4.69) is 50.9 Å². The van der Waals surface area contributed by atoms with E-state index in [0.29, 0.717) is 23.6 Å². The predicted octanol–water partition coefficient (Wildman–Crippen LogP) is 4.45. The second kappa shape index (κ2) is 12.5. The molecule has 0 aromatic carbocycles. The minimum atomic E-state index is -0.809. The number of nitrogens with zero attached hydrogens (tertiary/aromatic N) is 3. The number of ether oxygens (including phenoxy) is 1. The number of methoxy groups -OCH3 is 1. The minimum absolute atomic E-state index is 0.121. The van der Waals surface area contributed by atoms with Gasteiger partial charge in [-0.3, -0.25) is 0 Å². The molecule has 0 spiro atoms. The number of nitrogens with one attached hydrogen (secondary N) is 3. The average molecular weight is 459 g/mol. The summed E-state index contributed by atoms with van der Waals surface area (Å²) in [6.45, 7) is 10.4. The molecule has 1 unspecified atom stereocenters. The molecule has 2 aromatic rings. The number of anilines is 2. The van der Waals surface area contributed by atoms with Crippen molar-refractivity contribution in [1.82, 2.24) is 14.3 Å². The third-order valence-electron chi connectivity index (χ3n) is 4.84. The molecule has 32 heavy (non-hydrogen) atoms. The third kappa shape index (κ3) is 6.74. The van der Waals surface area contributed by atoms with Crippen LogP contribution < -0.4 is 10.6 Å². The number of pyridine rings is 1. The molecule has 0 saturated heterocycles. The number of hydrogen-bond donors (Lipinski definition) is 4. The number of H-pyrrole nitrogens is 1. The first kappa shape index (κ1) is 25.7. The van der Waals surface area contributed by atoms with Gasteiger partial charge in [0.05, 0.1) is 23.2 Å². The summed E-state index contributed by atoms with van der Waals surface area (Å²) in [6.07, 6.45) is 8.70. The Morgan fingerprint density at radius 1 is 1.44 bits per heavy atom. The van der Waals surface area contributed by atoms with Crippen molar-refractivity contribution in [3.8, 4) is 6.07 Å². The lowest BCUT2D eigenvalue weighted by Crippen LogP contribution is -2.35. The van der Waals surface area contributed by atoms with Crippen molar-refractivity contribution in [2.24, 2.45) is 0 Å². The number of aromatic amines is 1. The highest BCUT2D eigenvalue weighted by atomic mass is 32.2. The van der Waals surface area contributed by atoms with Crippen LogP contribution in [0.5, 0.6) is 0 Å². The molecule has 0 aliphatic carbocycles. The number of aliphatic hydroxyl groups is 1. The molecular formula is C23H34N6O2S. The molecule has 1 atom stereocenters. The number of hydrogen-bond acceptors (Lipinski definition) is 8. The van der Waals surface area contributed by atoms with Gasteiger partial charge in [-0.05, 0) is 44.4 Å². The number of rotatable bonds is 13. The summed E-state index contributed by atoms with van der Waals surface area (Å²) in [5.74, 6) is 0.623. The molecule has 174 valence electrons. The number of aliphatic hydroxyl groups excluding tert-OH is 1. The smallest absolute Gasteiger partial charge is 0.156 e. The van der Waals surface area contributed by atoms with E-state index in [4.69, 9.17) is 4.74 Å². The highest BCUT2D eigenvalue weighted by Crippen LogP contribution is 2.30. The maximum absolute atomic E-state index is 9.40. The van der Waals surface area contributed by atoms with Gasteiger partial charge >= 0.3 is 0 Å². The Kier molecular flexibility index (Phi) is 10.1. The number of allylic oxidation sites excluding steroid dienone is 2. The van der Waals surface area contributed by atoms with Gasteiger partial charge in [-0.15, -0.1) is 0 Å². The Labute approximate surface area is 194 Å². The van der Waals surface area contributed by atoms with Gasteiger partial charge < -0.3 is 25.5 Å². The SMILES string of the molecule is CC/C=C(\C=C/C(C)(Nc1cc(NCC)c2c(C#N)c[nH]c2n1)OC)SN(CC)CCO. The topological polar surface area (TPSA) is 109 Å². The van der Waals surface area contributed by atoms with E-state index in [1.165, 1.54) is 0 Å². The molecule has 0 amide bonds. The van der Waals surface area contributed by atoms with Crippen molar-refractivity contribution in [2.45, 2.75) is 39.8 Å². The van der Waals surface area contributed by atoms with Gasteiger partial charge in [0.2, 0.25) is 0 Å². The molecular weight excluding hydrogens is 424 g/mol. The molecule has 0 aliphatic rings. The maximum Gasteiger partial charge on any atom is 0.156 e. The lowest BCUT2D eigenvalue weighted by atomic mass is 10.1. The zero-order chi connectivity index (χ0) is 23.6. The van der Waals surface area contributed by atoms with Crippen molar-refractivity contribution in [3.05, 3.63) is 41.0 Å². The molecule has 2 heterocycles. The summed E-state index contributed by atoms with van der Waals surface area (Å²) < 4.78 is 7.89. The number of aromatic nitrogens is 2. The number of likely N-dealkylation sites (N-methyl/N-ethyl adjacent to an activating group) is 1. The van der Waals surface area contributed by atoms with Crippen LogP contribution in [-0.2, 0) is 4.74 Å². The fourth-order valence-electron chi connectivity index (χ4n) is 3.14. The van der Waals surface area contributed by atoms with Crippen LogP contribution in [-0.4, -0.2) is 58.5 Å². The summed E-state index contributed by atoms with van der Waals surface area (Å²) in [6, 6.07) is 4.10. The van der Waals surface area contributed by atoms with Crippen LogP contribution in [0.3, 0.4) is 0 Å². The lowest BCUT2D eigenvalue weighted by Gasteiger charge is -2.27. The van der Waals surface area contributed by atoms with Gasteiger partial charge in [0, 0.05) is 43.9 Å². The van der Waals surface area contributed by atoms with Crippen LogP contribution in [0, 0.1) is 11.3 Å². The Hall–Kier alpha value is -2.51. The summed E-state index contributed by atoms with van der Waals surface area (Å²) >= 11 is 1.62. The minimum Gasteiger partial charge on any atom is -0.395 e. The third-order valence-corrected chi connectivity index (χ3v) is 6.05. The Balaban J connectivity index is 2.31.